The van der Waals surface area contributed by atoms with Crippen molar-refractivity contribution in [2.24, 2.45) is 0 Å². The summed E-state index contributed by atoms with van der Waals surface area (Å²) in [4.78, 5) is 0. The molecule has 0 N–H and O–H groups in total. The number of rotatable bonds is 9. The van der Waals surface area contributed by atoms with Gasteiger partial charge in [-0.15, -0.1) is 0 Å². The van der Waals surface area contributed by atoms with E-state index < -0.39 is 5.79 Å². The fourth-order valence-electron chi connectivity index (χ4n) is 3.70. The highest BCUT2D eigenvalue weighted by molar-refractivity contribution is 5.13. The quantitative estimate of drug-likeness (QED) is 0.600. The van der Waals surface area contributed by atoms with Crippen LogP contribution < -0.4 is 0 Å². The second kappa shape index (κ2) is 8.63. The van der Waals surface area contributed by atoms with Crippen LogP contribution in [0.4, 0.5) is 0 Å². The molecule has 4 heteroatoms. The summed E-state index contributed by atoms with van der Waals surface area (Å²) in [7, 11) is 0. The fourth-order valence-corrected chi connectivity index (χ4v) is 3.70. The highest BCUT2D eigenvalue weighted by Crippen LogP contribution is 2.40. The minimum absolute atomic E-state index is 0.0523. The Labute approximate surface area is 151 Å². The smallest absolute Gasteiger partial charge is 0.190 e. The second-order valence-electron chi connectivity index (χ2n) is 7.61. The molecule has 25 heavy (non-hydrogen) atoms. The first-order chi connectivity index (χ1) is 12.1. The van der Waals surface area contributed by atoms with E-state index in [0.717, 1.165) is 6.42 Å². The van der Waals surface area contributed by atoms with E-state index in [1.165, 1.54) is 37.7 Å². The van der Waals surface area contributed by atoms with E-state index in [2.05, 4.69) is 19.1 Å². The van der Waals surface area contributed by atoms with E-state index in [1.54, 1.807) is 0 Å². The summed E-state index contributed by atoms with van der Waals surface area (Å²) in [5.41, 5.74) is 1.17. The zero-order valence-corrected chi connectivity index (χ0v) is 15.8. The first-order valence-corrected chi connectivity index (χ1v) is 9.76. The third-order valence-electron chi connectivity index (χ3n) is 4.96. The Kier molecular flexibility index (Phi) is 6.50. The zero-order chi connectivity index (χ0) is 17.7. The highest BCUT2D eigenvalue weighted by Gasteiger charge is 2.55. The molecule has 2 aliphatic heterocycles. The van der Waals surface area contributed by atoms with Gasteiger partial charge in [-0.05, 0) is 25.8 Å². The van der Waals surface area contributed by atoms with Gasteiger partial charge in [-0.25, -0.2) is 0 Å². The molecule has 3 rings (SSSR count). The van der Waals surface area contributed by atoms with Crippen molar-refractivity contribution in [1.29, 1.82) is 0 Å². The van der Waals surface area contributed by atoms with Gasteiger partial charge in [0.25, 0.3) is 0 Å². The van der Waals surface area contributed by atoms with Crippen LogP contribution >= 0.6 is 0 Å². The van der Waals surface area contributed by atoms with Gasteiger partial charge in [0, 0.05) is 0 Å². The van der Waals surface area contributed by atoms with Crippen molar-refractivity contribution in [2.45, 2.75) is 96.3 Å². The van der Waals surface area contributed by atoms with Gasteiger partial charge in [0.15, 0.2) is 12.1 Å². The van der Waals surface area contributed by atoms with Crippen LogP contribution in [-0.2, 0) is 25.6 Å². The van der Waals surface area contributed by atoms with Gasteiger partial charge in [0.05, 0.1) is 12.7 Å². The summed E-state index contributed by atoms with van der Waals surface area (Å²) in [6.45, 7) is 6.69. The number of unbranched alkanes of at least 4 members (excludes halogenated alkanes) is 4. The molecule has 0 radical (unpaired) electrons. The van der Waals surface area contributed by atoms with E-state index in [9.17, 15) is 0 Å². The van der Waals surface area contributed by atoms with Crippen LogP contribution in [0.3, 0.4) is 0 Å². The van der Waals surface area contributed by atoms with E-state index in [-0.39, 0.29) is 24.6 Å². The molecular formula is C21H32O4. The molecule has 2 fully saturated rings. The lowest BCUT2D eigenvalue weighted by Crippen LogP contribution is -2.36. The monoisotopic (exact) mass is 348 g/mol. The Morgan fingerprint density at radius 1 is 1.00 bits per heavy atom. The molecule has 0 unspecified atom stereocenters. The van der Waals surface area contributed by atoms with Crippen LogP contribution in [0.2, 0.25) is 0 Å². The van der Waals surface area contributed by atoms with Gasteiger partial charge < -0.3 is 18.9 Å². The largest absolute Gasteiger partial charge is 0.368 e. The lowest BCUT2D eigenvalue weighted by atomic mass is 10.0. The van der Waals surface area contributed by atoms with E-state index >= 15 is 0 Å². The molecule has 0 amide bonds. The first-order valence-electron chi connectivity index (χ1n) is 9.76. The minimum atomic E-state index is -0.601. The summed E-state index contributed by atoms with van der Waals surface area (Å²) < 4.78 is 24.4. The predicted molar refractivity (Wildman–Crippen MR) is 97.1 cm³/mol. The van der Waals surface area contributed by atoms with Gasteiger partial charge >= 0.3 is 0 Å². The lowest BCUT2D eigenvalue weighted by Gasteiger charge is -2.26. The molecule has 4 nitrogen and oxygen atoms in total. The van der Waals surface area contributed by atoms with Gasteiger partial charge in [-0.3, -0.25) is 0 Å². The molecule has 2 heterocycles. The molecule has 2 saturated heterocycles. The predicted octanol–water partition coefficient (Wildman–Crippen LogP) is 4.81. The zero-order valence-electron chi connectivity index (χ0n) is 15.8. The molecule has 0 spiro atoms. The summed E-state index contributed by atoms with van der Waals surface area (Å²) in [5, 5.41) is 0. The van der Waals surface area contributed by atoms with Gasteiger partial charge in [-0.2, -0.15) is 0 Å². The minimum Gasteiger partial charge on any atom is -0.368 e. The number of ether oxygens (including phenoxy) is 4. The maximum Gasteiger partial charge on any atom is 0.190 e. The van der Waals surface area contributed by atoms with Crippen LogP contribution in [0.15, 0.2) is 30.3 Å². The molecule has 2 aliphatic rings. The van der Waals surface area contributed by atoms with Crippen LogP contribution in [0.1, 0.15) is 64.9 Å². The molecule has 0 aromatic heterocycles. The standard InChI is InChI=1S/C21H32O4/c1-4-5-6-7-11-14-17-18(22-15-16-12-9-8-10-13-16)19-20(23-17)25-21(2,3)24-19/h8-10,12-13,17-20H,4-7,11,14-15H2,1-3H3/t17-,18-,19-,20-/m1/s1. The van der Waals surface area contributed by atoms with Crippen molar-refractivity contribution >= 4 is 0 Å². The Hall–Kier alpha value is -0.940. The first kappa shape index (κ1) is 18.8. The molecule has 4 atom stereocenters. The van der Waals surface area contributed by atoms with E-state index in [1.807, 2.05) is 32.0 Å². The van der Waals surface area contributed by atoms with Crippen molar-refractivity contribution in [3.63, 3.8) is 0 Å². The normalized spacial score (nSPS) is 30.5. The maximum absolute atomic E-state index is 6.26. The molecular weight excluding hydrogens is 316 g/mol. The highest BCUT2D eigenvalue weighted by atomic mass is 16.8. The van der Waals surface area contributed by atoms with Crippen LogP contribution in [0.5, 0.6) is 0 Å². The number of fused-ring (bicyclic) bond motifs is 1. The molecule has 0 bridgehead atoms. The Morgan fingerprint density at radius 2 is 1.76 bits per heavy atom. The summed E-state index contributed by atoms with van der Waals surface area (Å²) in [6, 6.07) is 10.3. The van der Waals surface area contributed by atoms with Crippen molar-refractivity contribution in [3.8, 4) is 0 Å². The number of hydrogen-bond acceptors (Lipinski definition) is 4. The average Bonchev–Trinajstić information content (AvgIpc) is 3.05. The SMILES string of the molecule is CCCCCCC[C@H]1O[C@@H]2OC(C)(C)O[C@@H]2[C@@H]1OCc1ccccc1. The maximum atomic E-state index is 6.26. The van der Waals surface area contributed by atoms with Gasteiger partial charge in [-0.1, -0.05) is 69.4 Å². The Morgan fingerprint density at radius 3 is 2.52 bits per heavy atom. The lowest BCUT2D eigenvalue weighted by molar-refractivity contribution is -0.219. The average molecular weight is 348 g/mol. The molecule has 1 aromatic rings. The van der Waals surface area contributed by atoms with Crippen molar-refractivity contribution in [2.75, 3.05) is 0 Å². The molecule has 0 saturated carbocycles. The Bertz CT molecular complexity index is 516. The van der Waals surface area contributed by atoms with Crippen LogP contribution in [0.25, 0.3) is 0 Å². The van der Waals surface area contributed by atoms with E-state index in [4.69, 9.17) is 18.9 Å². The summed E-state index contributed by atoms with van der Waals surface area (Å²) in [6.07, 6.45) is 6.83. The number of benzene rings is 1. The van der Waals surface area contributed by atoms with Crippen molar-refractivity contribution < 1.29 is 18.9 Å². The van der Waals surface area contributed by atoms with Crippen molar-refractivity contribution in [3.05, 3.63) is 35.9 Å². The van der Waals surface area contributed by atoms with Crippen LogP contribution in [-0.4, -0.2) is 30.4 Å². The van der Waals surface area contributed by atoms with E-state index in [0.29, 0.717) is 6.61 Å². The third kappa shape index (κ3) is 5.04. The second-order valence-corrected chi connectivity index (χ2v) is 7.61. The third-order valence-corrected chi connectivity index (χ3v) is 4.96. The molecule has 140 valence electrons. The number of hydrogen-bond donors (Lipinski definition) is 0. The van der Waals surface area contributed by atoms with Gasteiger partial charge in [0.2, 0.25) is 0 Å². The summed E-state index contributed by atoms with van der Waals surface area (Å²) >= 11 is 0. The van der Waals surface area contributed by atoms with Crippen LogP contribution in [0, 0.1) is 0 Å². The Balaban J connectivity index is 1.57. The van der Waals surface area contributed by atoms with Gasteiger partial charge in [0.1, 0.15) is 12.2 Å². The molecule has 0 aliphatic carbocycles. The fraction of sp³-hybridized carbons (Fsp3) is 0.714. The topological polar surface area (TPSA) is 36.9 Å². The molecule has 1 aromatic carbocycles. The summed E-state index contributed by atoms with van der Waals surface area (Å²) in [5.74, 6) is -0.601. The van der Waals surface area contributed by atoms with Crippen molar-refractivity contribution in [1.82, 2.24) is 0 Å².